The number of nitrogens with two attached hydrogens (primary N) is 1. The molecule has 3 N–H and O–H groups in total. The first-order valence-electron chi connectivity index (χ1n) is 7.03. The van der Waals surface area contributed by atoms with Gasteiger partial charge in [-0.2, -0.15) is 0 Å². The van der Waals surface area contributed by atoms with Gasteiger partial charge in [-0.3, -0.25) is 14.1 Å². The van der Waals surface area contributed by atoms with Gasteiger partial charge >= 0.3 is 0 Å². The number of sulfonamides is 1. The van der Waals surface area contributed by atoms with Gasteiger partial charge in [0.25, 0.3) is 5.91 Å². The second kappa shape index (κ2) is 5.64. The van der Waals surface area contributed by atoms with Crippen LogP contribution in [0, 0.1) is 6.92 Å². The van der Waals surface area contributed by atoms with Gasteiger partial charge in [-0.25, -0.2) is 13.1 Å². The molecule has 24 heavy (non-hydrogen) atoms. The first-order chi connectivity index (χ1) is 11.3. The molecule has 10 heteroatoms. The van der Waals surface area contributed by atoms with E-state index in [1.807, 2.05) is 24.3 Å². The molecule has 0 aliphatic rings. The molecule has 0 aliphatic heterocycles. The number of aromatic nitrogens is 4. The Hall–Kier alpha value is -2.88. The molecule has 0 saturated heterocycles. The molecule has 0 fully saturated rings. The Morgan fingerprint density at radius 3 is 2.75 bits per heavy atom. The van der Waals surface area contributed by atoms with Crippen molar-refractivity contribution < 1.29 is 13.2 Å². The average molecular weight is 348 g/mol. The Balaban J connectivity index is 1.90. The summed E-state index contributed by atoms with van der Waals surface area (Å²) in [6.45, 7) is 1.67. The van der Waals surface area contributed by atoms with Gasteiger partial charge in [-0.05, 0) is 13.0 Å². The normalized spacial score (nSPS) is 11.8. The number of hydrogen-bond donors (Lipinski definition) is 2. The van der Waals surface area contributed by atoms with E-state index in [1.54, 1.807) is 6.92 Å². The maximum absolute atomic E-state index is 12.6. The Labute approximate surface area is 138 Å². The maximum Gasteiger partial charge on any atom is 0.253 e. The van der Waals surface area contributed by atoms with E-state index in [4.69, 9.17) is 5.73 Å². The minimum Gasteiger partial charge on any atom is -0.397 e. The highest BCUT2D eigenvalue weighted by molar-refractivity contribution is 7.92. The van der Waals surface area contributed by atoms with Crippen molar-refractivity contribution in [2.75, 3.05) is 16.7 Å². The number of carbonyl (C=O) groups excluding carboxylic acids is 1. The number of nitrogens with zero attached hydrogens (tertiary/aromatic N) is 4. The molecule has 9 nitrogen and oxygen atoms in total. The number of nitrogen functional groups attached to an aromatic ring is 1. The van der Waals surface area contributed by atoms with Gasteiger partial charge in [0.2, 0.25) is 10.0 Å². The molecule has 0 unspecified atom stereocenters. The number of nitrogens with one attached hydrogen (secondary N) is 1. The number of anilines is 2. The van der Waals surface area contributed by atoms with E-state index in [9.17, 15) is 13.2 Å². The summed E-state index contributed by atoms with van der Waals surface area (Å²) < 4.78 is 27.3. The number of hydrogen-bond acceptors (Lipinski definition) is 6. The standard InChI is InChI=1S/C14H16N6O3S/c1-9-14(15)10-5-3-4-6-11(10)20(9)13(21)8-19-7-12(16-18-19)17-24(2,22)23/h3-7,17H,8,15H2,1-2H3. The van der Waals surface area contributed by atoms with Gasteiger partial charge in [-0.15, -0.1) is 5.10 Å². The van der Waals surface area contributed by atoms with Gasteiger partial charge in [0.1, 0.15) is 6.54 Å². The van der Waals surface area contributed by atoms with Crippen LogP contribution in [0.5, 0.6) is 0 Å². The number of benzene rings is 1. The van der Waals surface area contributed by atoms with Crippen molar-refractivity contribution in [1.29, 1.82) is 0 Å². The molecule has 126 valence electrons. The van der Waals surface area contributed by atoms with Crippen LogP contribution in [0.1, 0.15) is 10.5 Å². The van der Waals surface area contributed by atoms with Crippen LogP contribution in [0.25, 0.3) is 10.9 Å². The number of carbonyl (C=O) groups is 1. The Morgan fingerprint density at radius 1 is 1.33 bits per heavy atom. The first kappa shape index (κ1) is 16.0. The largest absolute Gasteiger partial charge is 0.397 e. The SMILES string of the molecule is Cc1c(N)c2ccccc2n1C(=O)Cn1cc(NS(C)(=O)=O)nn1. The van der Waals surface area contributed by atoms with Crippen LogP contribution < -0.4 is 10.5 Å². The lowest BCUT2D eigenvalue weighted by Crippen LogP contribution is -2.19. The van der Waals surface area contributed by atoms with E-state index >= 15 is 0 Å². The van der Waals surface area contributed by atoms with Crippen molar-refractivity contribution in [3.63, 3.8) is 0 Å². The summed E-state index contributed by atoms with van der Waals surface area (Å²) in [4.78, 5) is 12.6. The van der Waals surface area contributed by atoms with Crippen molar-refractivity contribution in [3.05, 3.63) is 36.2 Å². The van der Waals surface area contributed by atoms with E-state index in [0.717, 1.165) is 11.6 Å². The van der Waals surface area contributed by atoms with Crippen LogP contribution in [0.3, 0.4) is 0 Å². The molecule has 0 amide bonds. The zero-order valence-corrected chi connectivity index (χ0v) is 13.9. The highest BCUT2D eigenvalue weighted by Gasteiger charge is 2.17. The van der Waals surface area contributed by atoms with Crippen molar-refractivity contribution in [2.24, 2.45) is 0 Å². The predicted octanol–water partition coefficient (Wildman–Crippen LogP) is 0.835. The molecule has 0 radical (unpaired) electrons. The molecule has 1 aromatic carbocycles. The topological polar surface area (TPSA) is 125 Å². The second-order valence-corrected chi connectivity index (χ2v) is 7.17. The van der Waals surface area contributed by atoms with Crippen molar-refractivity contribution >= 4 is 38.3 Å². The van der Waals surface area contributed by atoms with E-state index < -0.39 is 10.0 Å². The van der Waals surface area contributed by atoms with Crippen LogP contribution >= 0.6 is 0 Å². The minimum absolute atomic E-state index is 0.0545. The Kier molecular flexibility index (Phi) is 3.76. The smallest absolute Gasteiger partial charge is 0.253 e. The molecule has 0 atom stereocenters. The predicted molar refractivity (Wildman–Crippen MR) is 90.2 cm³/mol. The molecular weight excluding hydrogens is 332 g/mol. The van der Waals surface area contributed by atoms with E-state index in [-0.39, 0.29) is 18.3 Å². The summed E-state index contributed by atoms with van der Waals surface area (Å²) in [5.74, 6) is -0.199. The van der Waals surface area contributed by atoms with E-state index in [1.165, 1.54) is 15.4 Å². The summed E-state index contributed by atoms with van der Waals surface area (Å²) in [5, 5.41) is 8.24. The number of fused-ring (bicyclic) bond motifs is 1. The number of para-hydroxylation sites is 1. The van der Waals surface area contributed by atoms with Gasteiger partial charge in [0.05, 0.1) is 23.7 Å². The fraction of sp³-hybridized carbons (Fsp3) is 0.214. The van der Waals surface area contributed by atoms with Gasteiger partial charge in [-0.1, -0.05) is 23.4 Å². The molecule has 3 aromatic rings. The lowest BCUT2D eigenvalue weighted by molar-refractivity contribution is 0.0889. The van der Waals surface area contributed by atoms with Gasteiger partial charge in [0, 0.05) is 11.1 Å². The third-order valence-electron chi connectivity index (χ3n) is 3.54. The van der Waals surface area contributed by atoms with Crippen molar-refractivity contribution in [1.82, 2.24) is 19.6 Å². The second-order valence-electron chi connectivity index (χ2n) is 5.42. The molecule has 0 saturated carbocycles. The minimum atomic E-state index is -3.45. The molecule has 0 aliphatic carbocycles. The Bertz CT molecular complexity index is 1030. The van der Waals surface area contributed by atoms with Crippen LogP contribution in [0.4, 0.5) is 11.5 Å². The lowest BCUT2D eigenvalue weighted by Gasteiger charge is -2.06. The maximum atomic E-state index is 12.6. The highest BCUT2D eigenvalue weighted by atomic mass is 32.2. The van der Waals surface area contributed by atoms with E-state index in [2.05, 4.69) is 15.0 Å². The first-order valence-corrected chi connectivity index (χ1v) is 8.92. The zero-order valence-electron chi connectivity index (χ0n) is 13.1. The average Bonchev–Trinajstić information content (AvgIpc) is 3.01. The number of rotatable bonds is 4. The molecule has 2 heterocycles. The van der Waals surface area contributed by atoms with Crippen LogP contribution in [-0.2, 0) is 16.6 Å². The van der Waals surface area contributed by atoms with Crippen molar-refractivity contribution in [3.8, 4) is 0 Å². The van der Waals surface area contributed by atoms with Gasteiger partial charge < -0.3 is 5.73 Å². The highest BCUT2D eigenvalue weighted by Crippen LogP contribution is 2.27. The van der Waals surface area contributed by atoms with Crippen LogP contribution in [0.2, 0.25) is 0 Å². The summed E-state index contributed by atoms with van der Waals surface area (Å²) in [6, 6.07) is 7.35. The summed E-state index contributed by atoms with van der Waals surface area (Å²) in [6.07, 6.45) is 2.36. The monoisotopic (exact) mass is 348 g/mol. The molecule has 0 spiro atoms. The molecule has 3 rings (SSSR count). The fourth-order valence-electron chi connectivity index (χ4n) is 2.54. The third-order valence-corrected chi connectivity index (χ3v) is 4.12. The summed E-state index contributed by atoms with van der Waals surface area (Å²) in [7, 11) is -3.45. The van der Waals surface area contributed by atoms with E-state index in [0.29, 0.717) is 16.9 Å². The molecule has 0 bridgehead atoms. The molecular formula is C14H16N6O3S. The third kappa shape index (κ3) is 2.95. The lowest BCUT2D eigenvalue weighted by atomic mass is 10.2. The summed E-state index contributed by atoms with van der Waals surface area (Å²) in [5.41, 5.74) is 7.98. The van der Waals surface area contributed by atoms with Crippen LogP contribution in [0.15, 0.2) is 30.5 Å². The Morgan fingerprint density at radius 2 is 2.04 bits per heavy atom. The zero-order chi connectivity index (χ0) is 17.5. The summed E-state index contributed by atoms with van der Waals surface area (Å²) >= 11 is 0. The molecule has 2 aromatic heterocycles. The van der Waals surface area contributed by atoms with Crippen LogP contribution in [-0.4, -0.2) is 40.1 Å². The van der Waals surface area contributed by atoms with Gasteiger partial charge in [0.15, 0.2) is 5.82 Å². The fourth-order valence-corrected chi connectivity index (χ4v) is 3.01. The van der Waals surface area contributed by atoms with Crippen molar-refractivity contribution in [2.45, 2.75) is 13.5 Å². The quantitative estimate of drug-likeness (QED) is 0.719.